The van der Waals surface area contributed by atoms with Gasteiger partial charge in [0, 0.05) is 12.6 Å². The van der Waals surface area contributed by atoms with E-state index in [2.05, 4.69) is 20.8 Å². The molecule has 108 valence electrons. The van der Waals surface area contributed by atoms with E-state index in [1.807, 2.05) is 0 Å². The largest absolute Gasteiger partial charge is 0.401 e. The summed E-state index contributed by atoms with van der Waals surface area (Å²) in [7, 11) is 1.54. The molecule has 1 fully saturated rings. The van der Waals surface area contributed by atoms with Crippen LogP contribution < -0.4 is 5.73 Å². The number of nitrogens with zero attached hydrogens (tertiary/aromatic N) is 1. The van der Waals surface area contributed by atoms with Crippen LogP contribution in [0.3, 0.4) is 0 Å². The summed E-state index contributed by atoms with van der Waals surface area (Å²) in [5, 5.41) is 0. The molecule has 2 N–H and O–H groups in total. The van der Waals surface area contributed by atoms with E-state index in [4.69, 9.17) is 5.73 Å². The van der Waals surface area contributed by atoms with Crippen LogP contribution in [-0.4, -0.2) is 37.3 Å². The van der Waals surface area contributed by atoms with Crippen LogP contribution in [0.15, 0.2) is 0 Å². The molecular formula is C13H25F3N2. The molecule has 1 rings (SSSR count). The predicted molar refractivity (Wildman–Crippen MR) is 67.2 cm³/mol. The van der Waals surface area contributed by atoms with Gasteiger partial charge >= 0.3 is 6.18 Å². The van der Waals surface area contributed by atoms with Gasteiger partial charge in [-0.25, -0.2) is 0 Å². The van der Waals surface area contributed by atoms with E-state index in [9.17, 15) is 13.2 Å². The average molecular weight is 266 g/mol. The molecule has 1 aliphatic rings. The Kier molecular flexibility index (Phi) is 4.70. The molecule has 0 amide bonds. The molecule has 2 nitrogen and oxygen atoms in total. The van der Waals surface area contributed by atoms with Gasteiger partial charge in [-0.2, -0.15) is 13.2 Å². The minimum absolute atomic E-state index is 0.00246. The minimum atomic E-state index is -4.12. The molecule has 1 saturated carbocycles. The summed E-state index contributed by atoms with van der Waals surface area (Å²) in [6, 6.07) is 0.171. The normalized spacial score (nSPS) is 32.8. The van der Waals surface area contributed by atoms with Gasteiger partial charge in [-0.3, -0.25) is 4.90 Å². The Bertz CT molecular complexity index is 276. The van der Waals surface area contributed by atoms with Crippen molar-refractivity contribution in [3.63, 3.8) is 0 Å². The maximum atomic E-state index is 12.3. The minimum Gasteiger partial charge on any atom is -0.327 e. The summed E-state index contributed by atoms with van der Waals surface area (Å²) in [5.41, 5.74) is 6.05. The number of alkyl halides is 3. The van der Waals surface area contributed by atoms with Gasteiger partial charge in [0.25, 0.3) is 0 Å². The van der Waals surface area contributed by atoms with Crippen LogP contribution in [0, 0.1) is 17.3 Å². The second-order valence-corrected chi connectivity index (χ2v) is 6.36. The molecule has 0 radical (unpaired) electrons. The highest BCUT2D eigenvalue weighted by molar-refractivity contribution is 4.94. The third-order valence-corrected chi connectivity index (χ3v) is 4.70. The van der Waals surface area contributed by atoms with Crippen LogP contribution in [0.25, 0.3) is 0 Å². The molecule has 0 aromatic rings. The van der Waals surface area contributed by atoms with Crippen LogP contribution in [0.4, 0.5) is 13.2 Å². The van der Waals surface area contributed by atoms with Crippen LogP contribution in [0.2, 0.25) is 0 Å². The smallest absolute Gasteiger partial charge is 0.327 e. The molecule has 18 heavy (non-hydrogen) atoms. The lowest BCUT2D eigenvalue weighted by Gasteiger charge is -2.48. The zero-order chi connectivity index (χ0) is 14.1. The van der Waals surface area contributed by atoms with Crippen molar-refractivity contribution < 1.29 is 13.2 Å². The van der Waals surface area contributed by atoms with Crippen molar-refractivity contribution in [1.82, 2.24) is 4.90 Å². The summed E-state index contributed by atoms with van der Waals surface area (Å²) in [6.45, 7) is 6.02. The molecule has 0 aromatic heterocycles. The summed E-state index contributed by atoms with van der Waals surface area (Å²) >= 11 is 0. The third-order valence-electron chi connectivity index (χ3n) is 4.70. The highest BCUT2D eigenvalue weighted by Crippen LogP contribution is 2.44. The zero-order valence-electron chi connectivity index (χ0n) is 11.7. The summed E-state index contributed by atoms with van der Waals surface area (Å²) in [4.78, 5) is 1.38. The van der Waals surface area contributed by atoms with E-state index in [-0.39, 0.29) is 17.4 Å². The van der Waals surface area contributed by atoms with Crippen LogP contribution in [-0.2, 0) is 0 Å². The fourth-order valence-corrected chi connectivity index (χ4v) is 3.01. The number of halogens is 3. The Morgan fingerprint density at radius 3 is 2.33 bits per heavy atom. The van der Waals surface area contributed by atoms with Gasteiger partial charge in [0.05, 0.1) is 6.54 Å². The first kappa shape index (κ1) is 15.8. The van der Waals surface area contributed by atoms with Gasteiger partial charge in [0.2, 0.25) is 0 Å². The zero-order valence-corrected chi connectivity index (χ0v) is 11.7. The lowest BCUT2D eigenvalue weighted by Crippen LogP contribution is -2.50. The van der Waals surface area contributed by atoms with E-state index >= 15 is 0 Å². The fourth-order valence-electron chi connectivity index (χ4n) is 3.01. The maximum absolute atomic E-state index is 12.3. The number of nitrogens with two attached hydrogens (primary N) is 1. The average Bonchev–Trinajstić information content (AvgIpc) is 2.17. The molecule has 0 bridgehead atoms. The Balaban J connectivity index is 2.61. The van der Waals surface area contributed by atoms with Crippen molar-refractivity contribution >= 4 is 0 Å². The molecule has 0 aromatic carbocycles. The summed E-state index contributed by atoms with van der Waals surface area (Å²) in [6.07, 6.45) is -2.29. The van der Waals surface area contributed by atoms with Gasteiger partial charge in [-0.05, 0) is 37.1 Å². The Labute approximate surface area is 108 Å². The van der Waals surface area contributed by atoms with Crippen molar-refractivity contribution in [2.75, 3.05) is 20.1 Å². The molecule has 0 heterocycles. The van der Waals surface area contributed by atoms with E-state index in [0.717, 1.165) is 12.8 Å². The number of hydrogen-bond donors (Lipinski definition) is 1. The van der Waals surface area contributed by atoms with Gasteiger partial charge in [-0.1, -0.05) is 20.8 Å². The van der Waals surface area contributed by atoms with E-state index in [1.54, 1.807) is 7.05 Å². The third kappa shape index (κ3) is 3.85. The Morgan fingerprint density at radius 2 is 1.83 bits per heavy atom. The molecule has 1 aliphatic carbocycles. The number of hydrogen-bond acceptors (Lipinski definition) is 2. The summed E-state index contributed by atoms with van der Waals surface area (Å²) in [5.74, 6) is 0.621. The first-order chi connectivity index (χ1) is 8.04. The lowest BCUT2D eigenvalue weighted by molar-refractivity contribution is -0.146. The fraction of sp³-hybridized carbons (Fsp3) is 1.00. The molecular weight excluding hydrogens is 241 g/mol. The van der Waals surface area contributed by atoms with E-state index < -0.39 is 12.7 Å². The standard InChI is InChI=1S/C13H25F3N2/c1-9-11(17)6-5-10(12(9,2)3)7-18(4)8-13(14,15)16/h9-11H,5-8,17H2,1-4H3. The summed E-state index contributed by atoms with van der Waals surface area (Å²) < 4.78 is 37.0. The van der Waals surface area contributed by atoms with Gasteiger partial charge in [0.1, 0.15) is 0 Å². The van der Waals surface area contributed by atoms with Crippen molar-refractivity contribution in [1.29, 1.82) is 0 Å². The second kappa shape index (κ2) is 5.37. The molecule has 0 saturated heterocycles. The molecule has 0 spiro atoms. The first-order valence-corrected chi connectivity index (χ1v) is 6.55. The molecule has 0 aliphatic heterocycles. The van der Waals surface area contributed by atoms with Gasteiger partial charge < -0.3 is 5.73 Å². The van der Waals surface area contributed by atoms with Gasteiger partial charge in [-0.15, -0.1) is 0 Å². The molecule has 3 unspecified atom stereocenters. The highest BCUT2D eigenvalue weighted by atomic mass is 19.4. The van der Waals surface area contributed by atoms with Crippen molar-refractivity contribution in [3.8, 4) is 0 Å². The topological polar surface area (TPSA) is 29.3 Å². The first-order valence-electron chi connectivity index (χ1n) is 6.55. The van der Waals surface area contributed by atoms with Crippen LogP contribution in [0.1, 0.15) is 33.6 Å². The van der Waals surface area contributed by atoms with Crippen molar-refractivity contribution in [2.24, 2.45) is 23.0 Å². The van der Waals surface area contributed by atoms with Crippen LogP contribution in [0.5, 0.6) is 0 Å². The Hall–Kier alpha value is -0.290. The van der Waals surface area contributed by atoms with Crippen molar-refractivity contribution in [3.05, 3.63) is 0 Å². The Morgan fingerprint density at radius 1 is 1.28 bits per heavy atom. The quantitative estimate of drug-likeness (QED) is 0.851. The van der Waals surface area contributed by atoms with Crippen LogP contribution >= 0.6 is 0 Å². The van der Waals surface area contributed by atoms with Gasteiger partial charge in [0.15, 0.2) is 0 Å². The predicted octanol–water partition coefficient (Wildman–Crippen LogP) is 2.88. The van der Waals surface area contributed by atoms with E-state index in [1.165, 1.54) is 4.90 Å². The maximum Gasteiger partial charge on any atom is 0.401 e. The lowest BCUT2D eigenvalue weighted by atomic mass is 9.61. The second-order valence-electron chi connectivity index (χ2n) is 6.36. The highest BCUT2D eigenvalue weighted by Gasteiger charge is 2.42. The van der Waals surface area contributed by atoms with Crippen molar-refractivity contribution in [2.45, 2.75) is 45.8 Å². The SMILES string of the molecule is CC1C(N)CCC(CN(C)CC(F)(F)F)C1(C)C. The monoisotopic (exact) mass is 266 g/mol. The molecule has 5 heteroatoms. The molecule has 3 atom stereocenters. The number of rotatable bonds is 3. The van der Waals surface area contributed by atoms with E-state index in [0.29, 0.717) is 12.5 Å².